The Hall–Kier alpha value is -3.33. The molecule has 24 heavy (non-hydrogen) atoms. The number of nitro benzene ring substituents is 1. The van der Waals surface area contributed by atoms with Crippen LogP contribution < -0.4 is 10.9 Å². The molecule has 8 nitrogen and oxygen atoms in total. The van der Waals surface area contributed by atoms with Gasteiger partial charge in [-0.25, -0.2) is 4.98 Å². The van der Waals surface area contributed by atoms with E-state index >= 15 is 0 Å². The molecule has 0 bridgehead atoms. The average molecular weight is 342 g/mol. The first kappa shape index (κ1) is 15.6. The predicted octanol–water partition coefficient (Wildman–Crippen LogP) is 2.32. The molecule has 0 aliphatic rings. The summed E-state index contributed by atoms with van der Waals surface area (Å²) in [6.07, 6.45) is 0. The monoisotopic (exact) mass is 342 g/mol. The Morgan fingerprint density at radius 3 is 2.75 bits per heavy atom. The third kappa shape index (κ3) is 2.92. The number of nitro groups is 1. The number of aromatic hydroxyl groups is 1. The molecule has 0 aliphatic heterocycles. The number of nitrogens with zero attached hydrogens (tertiary/aromatic N) is 2. The molecule has 0 radical (unpaired) electrons. The Balaban J connectivity index is 1.93. The molecule has 0 aliphatic carbocycles. The molecule has 1 heterocycles. The lowest BCUT2D eigenvalue weighted by molar-refractivity contribution is -0.384. The highest BCUT2D eigenvalue weighted by Gasteiger charge is 2.13. The average Bonchev–Trinajstić information content (AvgIpc) is 2.56. The fourth-order valence-corrected chi connectivity index (χ4v) is 2.32. The number of benzene rings is 2. The molecule has 0 unspecified atom stereocenters. The van der Waals surface area contributed by atoms with Crippen LogP contribution in [0.15, 0.2) is 47.3 Å². The number of phenols is 1. The summed E-state index contributed by atoms with van der Waals surface area (Å²) in [4.78, 5) is 29.0. The van der Waals surface area contributed by atoms with Crippen LogP contribution in [0.3, 0.4) is 0 Å². The second-order valence-corrected chi connectivity index (χ2v) is 5.25. The van der Waals surface area contributed by atoms with Crippen molar-refractivity contribution in [3.8, 4) is 5.75 Å². The van der Waals surface area contributed by atoms with E-state index in [-0.39, 0.29) is 33.5 Å². The molecule has 9 heteroatoms. The van der Waals surface area contributed by atoms with Gasteiger partial charge in [0.05, 0.1) is 27.6 Å². The molecule has 0 fully saturated rings. The number of hydrogen-bond donors (Lipinski definition) is 3. The maximum Gasteiger partial charge on any atom is 0.273 e. The third-order valence-electron chi connectivity index (χ3n) is 3.27. The van der Waals surface area contributed by atoms with Crippen molar-refractivity contribution < 1.29 is 10.0 Å². The second-order valence-electron chi connectivity index (χ2n) is 4.84. The predicted molar refractivity (Wildman–Crippen MR) is 92.4 cm³/mol. The number of rotatable bonds is 3. The highest BCUT2D eigenvalue weighted by atomic mass is 32.1. The number of hydrogen-bond acceptors (Lipinski definition) is 6. The van der Waals surface area contributed by atoms with Crippen molar-refractivity contribution in [3.63, 3.8) is 0 Å². The summed E-state index contributed by atoms with van der Waals surface area (Å²) in [7, 11) is 0. The van der Waals surface area contributed by atoms with Crippen LogP contribution in [-0.4, -0.2) is 25.0 Å². The highest BCUT2D eigenvalue weighted by Crippen LogP contribution is 2.28. The normalized spacial score (nSPS) is 10.5. The van der Waals surface area contributed by atoms with Crippen LogP contribution in [-0.2, 0) is 0 Å². The van der Waals surface area contributed by atoms with Crippen molar-refractivity contribution in [1.82, 2.24) is 9.97 Å². The SMILES string of the molecule is O=c1[nH]c(C(=S)Nc2ccc([N+](=O)[O-])cc2O)nc2ccccc12. The minimum atomic E-state index is -0.621. The fraction of sp³-hybridized carbons (Fsp3) is 0. The lowest BCUT2D eigenvalue weighted by atomic mass is 10.2. The molecule has 0 saturated heterocycles. The molecule has 0 amide bonds. The minimum Gasteiger partial charge on any atom is -0.506 e. The van der Waals surface area contributed by atoms with Crippen LogP contribution in [0, 0.1) is 10.1 Å². The third-order valence-corrected chi connectivity index (χ3v) is 3.56. The summed E-state index contributed by atoms with van der Waals surface area (Å²) in [5.74, 6) is -0.207. The van der Waals surface area contributed by atoms with Crippen molar-refractivity contribution in [1.29, 1.82) is 0 Å². The van der Waals surface area contributed by atoms with Gasteiger partial charge >= 0.3 is 0 Å². The van der Waals surface area contributed by atoms with E-state index in [0.29, 0.717) is 10.9 Å². The molecule has 2 aromatic carbocycles. The van der Waals surface area contributed by atoms with Crippen LogP contribution >= 0.6 is 12.2 Å². The van der Waals surface area contributed by atoms with Gasteiger partial charge in [-0.05, 0) is 18.2 Å². The largest absolute Gasteiger partial charge is 0.506 e. The highest BCUT2D eigenvalue weighted by molar-refractivity contribution is 7.81. The zero-order valence-electron chi connectivity index (χ0n) is 12.0. The molecule has 0 saturated carbocycles. The first-order chi connectivity index (χ1) is 11.5. The quantitative estimate of drug-likeness (QED) is 0.289. The Kier molecular flexibility index (Phi) is 3.92. The minimum absolute atomic E-state index is 0.0713. The first-order valence-corrected chi connectivity index (χ1v) is 7.14. The van der Waals surface area contributed by atoms with Crippen molar-refractivity contribution >= 4 is 39.5 Å². The Morgan fingerprint density at radius 1 is 1.29 bits per heavy atom. The van der Waals surface area contributed by atoms with E-state index in [0.717, 1.165) is 6.07 Å². The number of nitrogens with one attached hydrogen (secondary N) is 2. The van der Waals surface area contributed by atoms with Gasteiger partial charge in [0.1, 0.15) is 10.7 Å². The maximum atomic E-state index is 12.0. The van der Waals surface area contributed by atoms with E-state index in [1.165, 1.54) is 12.1 Å². The smallest absolute Gasteiger partial charge is 0.273 e. The lowest BCUT2D eigenvalue weighted by Gasteiger charge is -2.09. The molecule has 120 valence electrons. The lowest BCUT2D eigenvalue weighted by Crippen LogP contribution is -2.20. The number of thiocarbonyl (C=S) groups is 1. The van der Waals surface area contributed by atoms with Gasteiger partial charge in [0.25, 0.3) is 11.2 Å². The summed E-state index contributed by atoms with van der Waals surface area (Å²) in [5, 5.41) is 23.7. The van der Waals surface area contributed by atoms with Crippen molar-refractivity contribution in [3.05, 3.63) is 68.8 Å². The number of phenolic OH excluding ortho intramolecular Hbond substituents is 1. The number of non-ortho nitro benzene ring substituents is 1. The van der Waals surface area contributed by atoms with Crippen LogP contribution in [0.5, 0.6) is 5.75 Å². The molecule has 3 rings (SSSR count). The summed E-state index contributed by atoms with van der Waals surface area (Å²) in [5.41, 5.74) is 0.0589. The van der Waals surface area contributed by atoms with Crippen molar-refractivity contribution in [2.75, 3.05) is 5.32 Å². The maximum absolute atomic E-state index is 12.0. The van der Waals surface area contributed by atoms with E-state index in [9.17, 15) is 20.0 Å². The van der Waals surface area contributed by atoms with Gasteiger partial charge < -0.3 is 15.4 Å². The van der Waals surface area contributed by atoms with Crippen LogP contribution in [0.25, 0.3) is 10.9 Å². The number of para-hydroxylation sites is 1. The van der Waals surface area contributed by atoms with Crippen LogP contribution in [0.4, 0.5) is 11.4 Å². The van der Waals surface area contributed by atoms with Gasteiger partial charge in [-0.2, -0.15) is 0 Å². The van der Waals surface area contributed by atoms with Crippen molar-refractivity contribution in [2.24, 2.45) is 0 Å². The molecule has 3 N–H and O–H groups in total. The summed E-state index contributed by atoms with van der Waals surface area (Å²) in [6, 6.07) is 10.3. The Bertz CT molecular complexity index is 1030. The topological polar surface area (TPSA) is 121 Å². The van der Waals surface area contributed by atoms with E-state index in [1.807, 2.05) is 0 Å². The zero-order chi connectivity index (χ0) is 17.3. The number of H-pyrrole nitrogens is 1. The number of anilines is 1. The van der Waals surface area contributed by atoms with Crippen LogP contribution in [0.2, 0.25) is 0 Å². The van der Waals surface area contributed by atoms with Crippen LogP contribution in [0.1, 0.15) is 5.82 Å². The number of aromatic nitrogens is 2. The second kappa shape index (κ2) is 6.05. The van der Waals surface area contributed by atoms with Gasteiger partial charge in [-0.3, -0.25) is 14.9 Å². The summed E-state index contributed by atoms with van der Waals surface area (Å²) in [6.45, 7) is 0. The van der Waals surface area contributed by atoms with E-state index in [2.05, 4.69) is 15.3 Å². The van der Waals surface area contributed by atoms with Gasteiger partial charge in [-0.1, -0.05) is 24.4 Å². The summed E-state index contributed by atoms with van der Waals surface area (Å²) < 4.78 is 0. The Labute approximate surface area is 139 Å². The van der Waals surface area contributed by atoms with Gasteiger partial charge in [0, 0.05) is 6.07 Å². The molecule has 0 spiro atoms. The standard InChI is InChI=1S/C15H10N4O4S/c20-12-7-8(19(22)23)5-6-11(12)17-15(24)13-16-10-4-2-1-3-9(10)14(21)18-13/h1-7,20H,(H,17,24)(H,16,18,21). The molecule has 0 atom stereocenters. The molecule has 3 aromatic rings. The zero-order valence-corrected chi connectivity index (χ0v) is 12.8. The van der Waals surface area contributed by atoms with E-state index in [4.69, 9.17) is 12.2 Å². The van der Waals surface area contributed by atoms with E-state index in [1.54, 1.807) is 24.3 Å². The first-order valence-electron chi connectivity index (χ1n) is 6.73. The molecule has 1 aromatic heterocycles. The molecular weight excluding hydrogens is 332 g/mol. The summed E-state index contributed by atoms with van der Waals surface area (Å²) >= 11 is 5.18. The van der Waals surface area contributed by atoms with Gasteiger partial charge in [-0.15, -0.1) is 0 Å². The van der Waals surface area contributed by atoms with Gasteiger partial charge in [0.2, 0.25) is 0 Å². The Morgan fingerprint density at radius 2 is 2.04 bits per heavy atom. The van der Waals surface area contributed by atoms with E-state index < -0.39 is 4.92 Å². The van der Waals surface area contributed by atoms with Gasteiger partial charge in [0.15, 0.2) is 5.82 Å². The van der Waals surface area contributed by atoms with Crippen molar-refractivity contribution in [2.45, 2.75) is 0 Å². The fourth-order valence-electron chi connectivity index (χ4n) is 2.11. The number of aromatic amines is 1. The molecular formula is C15H10N4O4S. The number of fused-ring (bicyclic) bond motifs is 1.